The molecule has 0 aliphatic rings. The van der Waals surface area contributed by atoms with Crippen LogP contribution in [-0.4, -0.2) is 4.57 Å². The van der Waals surface area contributed by atoms with Gasteiger partial charge in [0.05, 0.1) is 0 Å². The van der Waals surface area contributed by atoms with Crippen LogP contribution in [0.2, 0.25) is 0 Å². The van der Waals surface area contributed by atoms with Gasteiger partial charge in [-0.1, -0.05) is 58.3 Å². The van der Waals surface area contributed by atoms with E-state index in [4.69, 9.17) is 0 Å². The molecule has 0 saturated heterocycles. The predicted octanol–water partition coefficient (Wildman–Crippen LogP) is 5.02. The SMILES string of the molecule is CCCCCCCCCCCn1cccc1. The highest BCUT2D eigenvalue weighted by Gasteiger charge is 1.92. The minimum atomic E-state index is 1.20. The molecule has 1 rings (SSSR count). The maximum atomic E-state index is 2.28. The molecule has 0 amide bonds. The number of hydrogen-bond donors (Lipinski definition) is 0. The van der Waals surface area contributed by atoms with E-state index in [-0.39, 0.29) is 0 Å². The molecule has 0 aromatic carbocycles. The number of nitrogens with zero attached hydrogens (tertiary/aromatic N) is 1. The molecule has 0 saturated carbocycles. The van der Waals surface area contributed by atoms with E-state index in [1.165, 1.54) is 64.3 Å². The second kappa shape index (κ2) is 9.50. The van der Waals surface area contributed by atoms with Crippen molar-refractivity contribution >= 4 is 0 Å². The molecule has 0 spiro atoms. The molecule has 1 aromatic rings. The number of aryl methyl sites for hydroxylation is 1. The smallest absolute Gasteiger partial charge is 0.0219 e. The van der Waals surface area contributed by atoms with Gasteiger partial charge in [0.2, 0.25) is 0 Å². The fraction of sp³-hybridized carbons (Fsp3) is 0.733. The first-order valence-corrected chi connectivity index (χ1v) is 7.04. The number of aromatic nitrogens is 1. The second-order valence-electron chi connectivity index (χ2n) is 4.75. The molecule has 0 N–H and O–H groups in total. The second-order valence-corrected chi connectivity index (χ2v) is 4.75. The van der Waals surface area contributed by atoms with E-state index in [0.717, 1.165) is 0 Å². The molecule has 0 aliphatic heterocycles. The van der Waals surface area contributed by atoms with Gasteiger partial charge >= 0.3 is 0 Å². The van der Waals surface area contributed by atoms with Gasteiger partial charge in [0.25, 0.3) is 0 Å². The van der Waals surface area contributed by atoms with Crippen molar-refractivity contribution in [1.82, 2.24) is 4.57 Å². The van der Waals surface area contributed by atoms with Crippen LogP contribution in [0.4, 0.5) is 0 Å². The minimum absolute atomic E-state index is 1.20. The number of rotatable bonds is 10. The fourth-order valence-electron chi connectivity index (χ4n) is 2.12. The lowest BCUT2D eigenvalue weighted by Crippen LogP contribution is -1.93. The van der Waals surface area contributed by atoms with E-state index < -0.39 is 0 Å². The highest BCUT2D eigenvalue weighted by atomic mass is 14.9. The average molecular weight is 221 g/mol. The number of unbranched alkanes of at least 4 members (excludes halogenated alkanes) is 8. The van der Waals surface area contributed by atoms with E-state index >= 15 is 0 Å². The molecule has 1 nitrogen and oxygen atoms in total. The molecule has 0 unspecified atom stereocenters. The topological polar surface area (TPSA) is 4.93 Å². The highest BCUT2D eigenvalue weighted by molar-refractivity contribution is 4.89. The van der Waals surface area contributed by atoms with Crippen molar-refractivity contribution in [3.8, 4) is 0 Å². The van der Waals surface area contributed by atoms with Crippen molar-refractivity contribution < 1.29 is 0 Å². The first kappa shape index (κ1) is 13.3. The van der Waals surface area contributed by atoms with Crippen LogP contribution in [0.15, 0.2) is 24.5 Å². The van der Waals surface area contributed by atoms with Crippen molar-refractivity contribution in [2.45, 2.75) is 71.3 Å². The van der Waals surface area contributed by atoms with Crippen molar-refractivity contribution in [3.05, 3.63) is 24.5 Å². The quantitative estimate of drug-likeness (QED) is 0.489. The van der Waals surface area contributed by atoms with Gasteiger partial charge in [-0.05, 0) is 18.6 Å². The van der Waals surface area contributed by atoms with Crippen LogP contribution < -0.4 is 0 Å². The highest BCUT2D eigenvalue weighted by Crippen LogP contribution is 2.10. The average Bonchev–Trinajstić information content (AvgIpc) is 2.80. The van der Waals surface area contributed by atoms with Crippen molar-refractivity contribution in [1.29, 1.82) is 0 Å². The van der Waals surface area contributed by atoms with Gasteiger partial charge in [0, 0.05) is 18.9 Å². The Morgan fingerprint density at radius 1 is 0.688 bits per heavy atom. The lowest BCUT2D eigenvalue weighted by atomic mass is 10.1. The van der Waals surface area contributed by atoms with Gasteiger partial charge in [-0.2, -0.15) is 0 Å². The normalized spacial score (nSPS) is 10.8. The van der Waals surface area contributed by atoms with E-state index in [2.05, 4.69) is 36.0 Å². The zero-order valence-corrected chi connectivity index (χ0v) is 10.8. The Hall–Kier alpha value is -0.720. The molecule has 16 heavy (non-hydrogen) atoms. The fourth-order valence-corrected chi connectivity index (χ4v) is 2.12. The Labute approximate surface area is 101 Å². The summed E-state index contributed by atoms with van der Waals surface area (Å²) in [5.74, 6) is 0. The lowest BCUT2D eigenvalue weighted by molar-refractivity contribution is 0.539. The predicted molar refractivity (Wildman–Crippen MR) is 71.7 cm³/mol. The van der Waals surface area contributed by atoms with Crippen molar-refractivity contribution in [2.24, 2.45) is 0 Å². The van der Waals surface area contributed by atoms with E-state index in [9.17, 15) is 0 Å². The maximum Gasteiger partial charge on any atom is 0.0219 e. The maximum absolute atomic E-state index is 2.28. The standard InChI is InChI=1S/C15H27N/c1-2-3-4-5-6-7-8-9-10-13-16-14-11-12-15-16/h11-12,14-15H,2-10,13H2,1H3. The summed E-state index contributed by atoms with van der Waals surface area (Å²) in [4.78, 5) is 0. The number of hydrogen-bond acceptors (Lipinski definition) is 0. The van der Waals surface area contributed by atoms with E-state index in [0.29, 0.717) is 0 Å². The first-order chi connectivity index (χ1) is 7.93. The minimum Gasteiger partial charge on any atom is -0.354 e. The molecule has 0 bridgehead atoms. The van der Waals surface area contributed by atoms with Gasteiger partial charge in [0.1, 0.15) is 0 Å². The molecule has 1 aromatic heterocycles. The Kier molecular flexibility index (Phi) is 7.93. The summed E-state index contributed by atoms with van der Waals surface area (Å²) in [5, 5.41) is 0. The summed E-state index contributed by atoms with van der Waals surface area (Å²) in [5.41, 5.74) is 0. The summed E-state index contributed by atoms with van der Waals surface area (Å²) in [7, 11) is 0. The third kappa shape index (κ3) is 6.71. The summed E-state index contributed by atoms with van der Waals surface area (Å²) in [6.45, 7) is 3.48. The lowest BCUT2D eigenvalue weighted by Gasteiger charge is -2.03. The largest absolute Gasteiger partial charge is 0.354 e. The summed E-state index contributed by atoms with van der Waals surface area (Å²) in [6, 6.07) is 4.21. The van der Waals surface area contributed by atoms with Crippen LogP contribution in [0.25, 0.3) is 0 Å². The third-order valence-corrected chi connectivity index (χ3v) is 3.19. The van der Waals surface area contributed by atoms with Gasteiger partial charge in [-0.25, -0.2) is 0 Å². The summed E-state index contributed by atoms with van der Waals surface area (Å²) in [6.07, 6.45) is 17.0. The molecule has 0 aliphatic carbocycles. The zero-order valence-electron chi connectivity index (χ0n) is 10.8. The molecule has 0 atom stereocenters. The van der Waals surface area contributed by atoms with Crippen molar-refractivity contribution in [2.75, 3.05) is 0 Å². The molecule has 1 heteroatoms. The molecule has 0 fully saturated rings. The Morgan fingerprint density at radius 3 is 1.75 bits per heavy atom. The van der Waals surface area contributed by atoms with Gasteiger partial charge in [-0.15, -0.1) is 0 Å². The van der Waals surface area contributed by atoms with Crippen LogP contribution in [0.5, 0.6) is 0 Å². The van der Waals surface area contributed by atoms with Crippen LogP contribution in [0.3, 0.4) is 0 Å². The molecular weight excluding hydrogens is 194 g/mol. The van der Waals surface area contributed by atoms with E-state index in [1.54, 1.807) is 0 Å². The van der Waals surface area contributed by atoms with Crippen LogP contribution in [0, 0.1) is 0 Å². The van der Waals surface area contributed by atoms with Gasteiger partial charge < -0.3 is 4.57 Å². The zero-order chi connectivity index (χ0) is 11.5. The first-order valence-electron chi connectivity index (χ1n) is 7.04. The van der Waals surface area contributed by atoms with Gasteiger partial charge in [0.15, 0.2) is 0 Å². The molecule has 1 heterocycles. The summed E-state index contributed by atoms with van der Waals surface area (Å²) < 4.78 is 2.28. The third-order valence-electron chi connectivity index (χ3n) is 3.19. The van der Waals surface area contributed by atoms with Gasteiger partial charge in [-0.3, -0.25) is 0 Å². The van der Waals surface area contributed by atoms with E-state index in [1.807, 2.05) is 0 Å². The Morgan fingerprint density at radius 2 is 1.19 bits per heavy atom. The molecule has 92 valence electrons. The molecule has 0 radical (unpaired) electrons. The monoisotopic (exact) mass is 221 g/mol. The van der Waals surface area contributed by atoms with Crippen LogP contribution in [-0.2, 0) is 6.54 Å². The summed E-state index contributed by atoms with van der Waals surface area (Å²) >= 11 is 0. The van der Waals surface area contributed by atoms with Crippen LogP contribution in [0.1, 0.15) is 64.7 Å². The van der Waals surface area contributed by atoms with Crippen LogP contribution >= 0.6 is 0 Å². The van der Waals surface area contributed by atoms with Crippen molar-refractivity contribution in [3.63, 3.8) is 0 Å². The Balaban J connectivity index is 1.78. The molecular formula is C15H27N. The Bertz CT molecular complexity index is 226.